The summed E-state index contributed by atoms with van der Waals surface area (Å²) < 4.78 is 25.3. The number of hydrogen-bond donors (Lipinski definition) is 0. The molecular weight excluding hydrogens is 224 g/mol. The van der Waals surface area contributed by atoms with Crippen LogP contribution in [0.1, 0.15) is 40.0 Å². The quantitative estimate of drug-likeness (QED) is 0.719. The van der Waals surface area contributed by atoms with E-state index >= 15 is 0 Å². The Kier molecular flexibility index (Phi) is 4.65. The van der Waals surface area contributed by atoms with Gasteiger partial charge in [-0.2, -0.15) is 0 Å². The predicted molar refractivity (Wildman–Crippen MR) is 66.1 cm³/mol. The molecule has 5 heteroatoms. The Morgan fingerprint density at radius 1 is 1.19 bits per heavy atom. The van der Waals surface area contributed by atoms with Gasteiger partial charge >= 0.3 is 0 Å². The molecule has 0 aromatic rings. The maximum absolute atomic E-state index is 11.9. The number of sulfonamides is 1. The zero-order valence-corrected chi connectivity index (χ0v) is 11.2. The van der Waals surface area contributed by atoms with Gasteiger partial charge in [-0.25, -0.2) is 8.42 Å². The molecule has 0 radical (unpaired) electrons. The van der Waals surface area contributed by atoms with Crippen LogP contribution in [0.3, 0.4) is 0 Å². The number of nitrogens with zero attached hydrogens (tertiary/aromatic N) is 2. The van der Waals surface area contributed by atoms with Crippen molar-refractivity contribution >= 4 is 10.0 Å². The van der Waals surface area contributed by atoms with Gasteiger partial charge in [0.2, 0.25) is 10.0 Å². The van der Waals surface area contributed by atoms with E-state index in [2.05, 4.69) is 11.8 Å². The fourth-order valence-corrected chi connectivity index (χ4v) is 3.39. The van der Waals surface area contributed by atoms with Crippen LogP contribution in [0.25, 0.3) is 0 Å². The van der Waals surface area contributed by atoms with Gasteiger partial charge in [0.15, 0.2) is 0 Å². The first-order valence-corrected chi connectivity index (χ1v) is 7.59. The molecule has 0 saturated heterocycles. The van der Waals surface area contributed by atoms with Crippen LogP contribution < -0.4 is 0 Å². The Morgan fingerprint density at radius 2 is 1.88 bits per heavy atom. The van der Waals surface area contributed by atoms with Gasteiger partial charge in [0.1, 0.15) is 6.17 Å². The van der Waals surface area contributed by atoms with E-state index in [4.69, 9.17) is 0 Å². The number of unbranched alkanes of at least 4 members (excludes halogenated alkanes) is 1. The number of rotatable bonds is 6. The maximum atomic E-state index is 11.9. The number of hydrogen-bond acceptors (Lipinski definition) is 3. The third-order valence-corrected chi connectivity index (χ3v) is 4.80. The van der Waals surface area contributed by atoms with Gasteiger partial charge in [0.05, 0.1) is 5.75 Å². The third kappa shape index (κ3) is 2.90. The van der Waals surface area contributed by atoms with Crippen molar-refractivity contribution in [2.45, 2.75) is 46.2 Å². The Balaban J connectivity index is 2.64. The summed E-state index contributed by atoms with van der Waals surface area (Å²) in [7, 11) is -3.11. The van der Waals surface area contributed by atoms with E-state index in [1.165, 1.54) is 4.31 Å². The molecule has 0 fully saturated rings. The average molecular weight is 246 g/mol. The van der Waals surface area contributed by atoms with E-state index in [0.717, 1.165) is 19.4 Å². The molecule has 94 valence electrons. The zero-order valence-electron chi connectivity index (χ0n) is 10.4. The van der Waals surface area contributed by atoms with Crippen LogP contribution in [0.2, 0.25) is 0 Å². The monoisotopic (exact) mass is 246 g/mol. The van der Waals surface area contributed by atoms with Crippen LogP contribution in [-0.4, -0.2) is 36.1 Å². The summed E-state index contributed by atoms with van der Waals surface area (Å²) in [6, 6.07) is 0. The van der Waals surface area contributed by atoms with Gasteiger partial charge in [0.25, 0.3) is 0 Å². The van der Waals surface area contributed by atoms with Crippen LogP contribution in [0.15, 0.2) is 12.4 Å². The highest BCUT2D eigenvalue weighted by Crippen LogP contribution is 2.20. The fourth-order valence-electron chi connectivity index (χ4n) is 1.84. The first-order chi connectivity index (χ1) is 7.53. The fraction of sp³-hybridized carbons (Fsp3) is 0.818. The largest absolute Gasteiger partial charge is 0.355 e. The summed E-state index contributed by atoms with van der Waals surface area (Å²) >= 11 is 0. The summed E-state index contributed by atoms with van der Waals surface area (Å²) in [5, 5.41) is 0. The molecule has 1 atom stereocenters. The van der Waals surface area contributed by atoms with Gasteiger partial charge in [-0.1, -0.05) is 20.3 Å². The Hall–Kier alpha value is -0.710. The molecule has 0 amide bonds. The summed E-state index contributed by atoms with van der Waals surface area (Å²) in [6.45, 7) is 6.88. The minimum atomic E-state index is -3.11. The molecule has 16 heavy (non-hydrogen) atoms. The summed E-state index contributed by atoms with van der Waals surface area (Å²) in [5.41, 5.74) is 0. The molecule has 0 bridgehead atoms. The van der Waals surface area contributed by atoms with Crippen molar-refractivity contribution in [1.82, 2.24) is 9.21 Å². The lowest BCUT2D eigenvalue weighted by atomic mass is 10.3. The summed E-state index contributed by atoms with van der Waals surface area (Å²) in [4.78, 5) is 2.08. The standard InChI is InChI=1S/C11H22N2O2S/c1-4-6-7-12-8-9-13(11(12)3)16(14,15)10-5-2/h8-9,11H,4-7,10H2,1-3H3. The van der Waals surface area contributed by atoms with E-state index < -0.39 is 10.0 Å². The van der Waals surface area contributed by atoms with Crippen LogP contribution in [-0.2, 0) is 10.0 Å². The van der Waals surface area contributed by atoms with E-state index in [1.807, 2.05) is 20.0 Å². The van der Waals surface area contributed by atoms with Crippen molar-refractivity contribution in [2.24, 2.45) is 0 Å². The molecule has 4 nitrogen and oxygen atoms in total. The second kappa shape index (κ2) is 5.57. The van der Waals surface area contributed by atoms with Crippen molar-refractivity contribution in [3.05, 3.63) is 12.4 Å². The van der Waals surface area contributed by atoms with Crippen molar-refractivity contribution in [3.63, 3.8) is 0 Å². The molecule has 0 saturated carbocycles. The van der Waals surface area contributed by atoms with Gasteiger partial charge < -0.3 is 4.90 Å². The molecule has 0 aromatic carbocycles. The molecular formula is C11H22N2O2S. The first-order valence-electron chi connectivity index (χ1n) is 5.98. The SMILES string of the molecule is CCCCN1C=CN(S(=O)(=O)CCC)C1C. The molecule has 0 spiro atoms. The maximum Gasteiger partial charge on any atom is 0.236 e. The van der Waals surface area contributed by atoms with Crippen molar-refractivity contribution in [1.29, 1.82) is 0 Å². The van der Waals surface area contributed by atoms with Crippen LogP contribution in [0, 0.1) is 0 Å². The van der Waals surface area contributed by atoms with E-state index in [9.17, 15) is 8.42 Å². The second-order valence-electron chi connectivity index (χ2n) is 4.17. The van der Waals surface area contributed by atoms with E-state index in [1.54, 1.807) is 6.20 Å². The normalized spacial score (nSPS) is 20.8. The molecule has 0 aromatic heterocycles. The molecule has 1 heterocycles. The van der Waals surface area contributed by atoms with Crippen molar-refractivity contribution in [2.75, 3.05) is 12.3 Å². The third-order valence-electron chi connectivity index (χ3n) is 2.81. The van der Waals surface area contributed by atoms with Crippen LogP contribution in [0.4, 0.5) is 0 Å². The summed E-state index contributed by atoms with van der Waals surface area (Å²) in [6.07, 6.45) is 6.38. The lowest BCUT2D eigenvalue weighted by molar-refractivity contribution is 0.231. The van der Waals surface area contributed by atoms with Crippen LogP contribution >= 0.6 is 0 Å². The smallest absolute Gasteiger partial charge is 0.236 e. The lowest BCUT2D eigenvalue weighted by Gasteiger charge is -2.29. The predicted octanol–water partition coefficient (Wildman–Crippen LogP) is 1.96. The van der Waals surface area contributed by atoms with Crippen LogP contribution in [0.5, 0.6) is 0 Å². The van der Waals surface area contributed by atoms with Crippen molar-refractivity contribution in [3.8, 4) is 0 Å². The summed E-state index contributed by atoms with van der Waals surface area (Å²) in [5.74, 6) is 0.225. The second-order valence-corrected chi connectivity index (χ2v) is 6.16. The van der Waals surface area contributed by atoms with Gasteiger partial charge in [-0.3, -0.25) is 4.31 Å². The highest BCUT2D eigenvalue weighted by molar-refractivity contribution is 7.89. The van der Waals surface area contributed by atoms with Gasteiger partial charge in [-0.15, -0.1) is 0 Å². The van der Waals surface area contributed by atoms with Gasteiger partial charge in [-0.05, 0) is 19.8 Å². The first kappa shape index (κ1) is 13.4. The Bertz CT molecular complexity index is 338. The van der Waals surface area contributed by atoms with Gasteiger partial charge in [0, 0.05) is 18.9 Å². The van der Waals surface area contributed by atoms with E-state index in [-0.39, 0.29) is 11.9 Å². The molecule has 0 N–H and O–H groups in total. The topological polar surface area (TPSA) is 40.6 Å². The van der Waals surface area contributed by atoms with E-state index in [0.29, 0.717) is 6.42 Å². The minimum absolute atomic E-state index is 0.0666. The Morgan fingerprint density at radius 3 is 2.44 bits per heavy atom. The molecule has 1 unspecified atom stereocenters. The van der Waals surface area contributed by atoms with Crippen molar-refractivity contribution < 1.29 is 8.42 Å². The molecule has 0 aliphatic carbocycles. The molecule has 1 rings (SSSR count). The minimum Gasteiger partial charge on any atom is -0.355 e. The lowest BCUT2D eigenvalue weighted by Crippen LogP contribution is -2.40. The Labute approximate surface area is 99.0 Å². The molecule has 1 aliphatic heterocycles. The molecule has 1 aliphatic rings. The highest BCUT2D eigenvalue weighted by Gasteiger charge is 2.30. The average Bonchev–Trinajstić information content (AvgIpc) is 2.57. The highest BCUT2D eigenvalue weighted by atomic mass is 32.2. The zero-order chi connectivity index (χ0) is 12.2.